The van der Waals surface area contributed by atoms with Crippen molar-refractivity contribution in [2.24, 2.45) is 0 Å². The first-order valence-corrected chi connectivity index (χ1v) is 7.73. The Bertz CT molecular complexity index is 782. The Balaban J connectivity index is 2.15. The van der Waals surface area contributed by atoms with Crippen LogP contribution in [0.4, 0.5) is 5.82 Å². The predicted molar refractivity (Wildman–Crippen MR) is 87.9 cm³/mol. The molecule has 0 amide bonds. The van der Waals surface area contributed by atoms with Gasteiger partial charge >= 0.3 is 0 Å². The zero-order chi connectivity index (χ0) is 14.8. The van der Waals surface area contributed by atoms with Crippen molar-refractivity contribution in [2.75, 3.05) is 18.5 Å². The van der Waals surface area contributed by atoms with Gasteiger partial charge in [0.25, 0.3) is 0 Å². The molecule has 3 rings (SSSR count). The van der Waals surface area contributed by atoms with Gasteiger partial charge in [0.05, 0.1) is 12.0 Å². The molecule has 0 bridgehead atoms. The molecule has 0 spiro atoms. The number of aromatic nitrogens is 2. The molecule has 0 saturated carbocycles. The fraction of sp³-hybridized carbons (Fsp3) is 0.250. The van der Waals surface area contributed by atoms with Crippen LogP contribution in [-0.4, -0.2) is 28.2 Å². The van der Waals surface area contributed by atoms with Crippen molar-refractivity contribution in [2.45, 2.75) is 13.8 Å². The van der Waals surface area contributed by atoms with Crippen LogP contribution in [0.15, 0.2) is 29.9 Å². The van der Waals surface area contributed by atoms with Crippen molar-refractivity contribution in [3.63, 3.8) is 0 Å². The number of nitrogens with zero attached hydrogens (tertiary/aromatic N) is 2. The largest absolute Gasteiger partial charge is 0.395 e. The van der Waals surface area contributed by atoms with Crippen LogP contribution in [0.2, 0.25) is 0 Å². The van der Waals surface area contributed by atoms with E-state index in [2.05, 4.69) is 52.7 Å². The SMILES string of the molecule is Cc1ccc(-c2csc3ncnc(NCCO)c23)cc1C. The summed E-state index contributed by atoms with van der Waals surface area (Å²) >= 11 is 1.61. The normalized spacial score (nSPS) is 11.0. The number of rotatable bonds is 4. The number of hydrogen-bond acceptors (Lipinski definition) is 5. The van der Waals surface area contributed by atoms with E-state index in [0.29, 0.717) is 6.54 Å². The summed E-state index contributed by atoms with van der Waals surface area (Å²) in [6.45, 7) is 4.79. The second kappa shape index (κ2) is 5.79. The highest BCUT2D eigenvalue weighted by Crippen LogP contribution is 2.36. The van der Waals surface area contributed by atoms with Crippen molar-refractivity contribution in [1.29, 1.82) is 0 Å². The summed E-state index contributed by atoms with van der Waals surface area (Å²) in [5.74, 6) is 0.781. The molecule has 0 aliphatic carbocycles. The highest BCUT2D eigenvalue weighted by Gasteiger charge is 2.13. The highest BCUT2D eigenvalue weighted by atomic mass is 32.1. The molecule has 0 atom stereocenters. The molecule has 2 N–H and O–H groups in total. The number of anilines is 1. The van der Waals surface area contributed by atoms with Crippen LogP contribution in [-0.2, 0) is 0 Å². The Morgan fingerprint density at radius 3 is 2.81 bits per heavy atom. The van der Waals surface area contributed by atoms with Crippen LogP contribution in [0.1, 0.15) is 11.1 Å². The average molecular weight is 299 g/mol. The van der Waals surface area contributed by atoms with Crippen molar-refractivity contribution in [3.05, 3.63) is 41.0 Å². The number of nitrogens with one attached hydrogen (secondary N) is 1. The molecule has 108 valence electrons. The fourth-order valence-electron chi connectivity index (χ4n) is 2.30. The molecule has 0 saturated heterocycles. The van der Waals surface area contributed by atoms with Gasteiger partial charge in [0.15, 0.2) is 0 Å². The maximum atomic E-state index is 9.00. The molecule has 0 aliphatic heterocycles. The van der Waals surface area contributed by atoms with E-state index >= 15 is 0 Å². The number of benzene rings is 1. The lowest BCUT2D eigenvalue weighted by Crippen LogP contribution is -2.07. The monoisotopic (exact) mass is 299 g/mol. The molecule has 21 heavy (non-hydrogen) atoms. The average Bonchev–Trinajstić information content (AvgIpc) is 2.92. The summed E-state index contributed by atoms with van der Waals surface area (Å²) in [6.07, 6.45) is 1.56. The number of aliphatic hydroxyl groups excluding tert-OH is 1. The number of aliphatic hydroxyl groups is 1. The predicted octanol–water partition coefficient (Wildman–Crippen LogP) is 3.38. The molecule has 0 unspecified atom stereocenters. The van der Waals surface area contributed by atoms with Crippen LogP contribution in [0.3, 0.4) is 0 Å². The lowest BCUT2D eigenvalue weighted by atomic mass is 10.0. The molecule has 0 fully saturated rings. The third-order valence-electron chi connectivity index (χ3n) is 3.59. The molecule has 0 aliphatic rings. The van der Waals surface area contributed by atoms with Crippen LogP contribution in [0.5, 0.6) is 0 Å². The molecule has 5 heteroatoms. The standard InChI is InChI=1S/C16H17N3OS/c1-10-3-4-12(7-11(10)2)13-8-21-16-14(13)15(17-5-6-20)18-9-19-16/h3-4,7-9,20H,5-6H2,1-2H3,(H,17,18,19). The van der Waals surface area contributed by atoms with E-state index in [9.17, 15) is 0 Å². The van der Waals surface area contributed by atoms with Gasteiger partial charge in [0, 0.05) is 17.5 Å². The highest BCUT2D eigenvalue weighted by molar-refractivity contribution is 7.17. The molecule has 3 aromatic rings. The quantitative estimate of drug-likeness (QED) is 0.775. The van der Waals surface area contributed by atoms with E-state index in [1.54, 1.807) is 17.7 Å². The first-order chi connectivity index (χ1) is 10.2. The van der Waals surface area contributed by atoms with Gasteiger partial charge in [-0.1, -0.05) is 18.2 Å². The maximum absolute atomic E-state index is 9.00. The maximum Gasteiger partial charge on any atom is 0.138 e. The van der Waals surface area contributed by atoms with Crippen molar-refractivity contribution < 1.29 is 5.11 Å². The molecule has 0 radical (unpaired) electrons. The Labute approximate surface area is 127 Å². The minimum Gasteiger partial charge on any atom is -0.395 e. The number of fused-ring (bicyclic) bond motifs is 1. The van der Waals surface area contributed by atoms with Gasteiger partial charge in [0.2, 0.25) is 0 Å². The molecule has 1 aromatic carbocycles. The summed E-state index contributed by atoms with van der Waals surface area (Å²) < 4.78 is 0. The summed E-state index contributed by atoms with van der Waals surface area (Å²) in [7, 11) is 0. The van der Waals surface area contributed by atoms with Gasteiger partial charge < -0.3 is 10.4 Å². The zero-order valence-corrected chi connectivity index (χ0v) is 12.9. The third kappa shape index (κ3) is 2.62. The third-order valence-corrected chi connectivity index (χ3v) is 4.48. The van der Waals surface area contributed by atoms with E-state index in [0.717, 1.165) is 21.6 Å². The van der Waals surface area contributed by atoms with Crippen LogP contribution < -0.4 is 5.32 Å². The van der Waals surface area contributed by atoms with Crippen molar-refractivity contribution in [1.82, 2.24) is 9.97 Å². The molecule has 2 aromatic heterocycles. The number of hydrogen-bond donors (Lipinski definition) is 2. The topological polar surface area (TPSA) is 58.0 Å². The van der Waals surface area contributed by atoms with Crippen LogP contribution >= 0.6 is 11.3 Å². The Morgan fingerprint density at radius 1 is 1.19 bits per heavy atom. The molecular formula is C16H17N3OS. The van der Waals surface area contributed by atoms with Gasteiger partial charge in [0.1, 0.15) is 17.0 Å². The van der Waals surface area contributed by atoms with Gasteiger partial charge in [-0.15, -0.1) is 11.3 Å². The Kier molecular flexibility index (Phi) is 3.86. The first-order valence-electron chi connectivity index (χ1n) is 6.85. The van der Waals surface area contributed by atoms with E-state index in [1.807, 2.05) is 0 Å². The van der Waals surface area contributed by atoms with Gasteiger partial charge in [-0.2, -0.15) is 0 Å². The minimum absolute atomic E-state index is 0.0780. The van der Waals surface area contributed by atoms with Crippen molar-refractivity contribution in [3.8, 4) is 11.1 Å². The second-order valence-electron chi connectivity index (χ2n) is 5.00. The van der Waals surface area contributed by atoms with E-state index in [4.69, 9.17) is 5.11 Å². The lowest BCUT2D eigenvalue weighted by Gasteiger charge is -2.08. The molecule has 4 nitrogen and oxygen atoms in total. The smallest absolute Gasteiger partial charge is 0.138 e. The lowest BCUT2D eigenvalue weighted by molar-refractivity contribution is 0.311. The van der Waals surface area contributed by atoms with Crippen LogP contribution in [0.25, 0.3) is 21.3 Å². The van der Waals surface area contributed by atoms with E-state index < -0.39 is 0 Å². The summed E-state index contributed by atoms with van der Waals surface area (Å²) in [5.41, 5.74) is 4.87. The van der Waals surface area contributed by atoms with E-state index in [-0.39, 0.29) is 6.61 Å². The summed E-state index contributed by atoms with van der Waals surface area (Å²) in [5, 5.41) is 15.3. The second-order valence-corrected chi connectivity index (χ2v) is 5.86. The Morgan fingerprint density at radius 2 is 2.05 bits per heavy atom. The van der Waals surface area contributed by atoms with Crippen LogP contribution in [0, 0.1) is 13.8 Å². The summed E-state index contributed by atoms with van der Waals surface area (Å²) in [6, 6.07) is 6.46. The number of thiophene rings is 1. The fourth-order valence-corrected chi connectivity index (χ4v) is 3.22. The Hall–Kier alpha value is -1.98. The number of aryl methyl sites for hydroxylation is 2. The first kappa shape index (κ1) is 14.0. The van der Waals surface area contributed by atoms with Gasteiger partial charge in [-0.05, 0) is 30.5 Å². The van der Waals surface area contributed by atoms with Crippen molar-refractivity contribution >= 4 is 27.4 Å². The summed E-state index contributed by atoms with van der Waals surface area (Å²) in [4.78, 5) is 9.61. The van der Waals surface area contributed by atoms with Gasteiger partial charge in [-0.25, -0.2) is 9.97 Å². The van der Waals surface area contributed by atoms with E-state index in [1.165, 1.54) is 16.7 Å². The van der Waals surface area contributed by atoms with Gasteiger partial charge in [-0.3, -0.25) is 0 Å². The molecular weight excluding hydrogens is 282 g/mol. The minimum atomic E-state index is 0.0780. The zero-order valence-electron chi connectivity index (χ0n) is 12.1. The molecule has 2 heterocycles.